The zero-order chi connectivity index (χ0) is 18.2. The summed E-state index contributed by atoms with van der Waals surface area (Å²) in [6.07, 6.45) is 2.11. The molecule has 2 aromatic rings. The van der Waals surface area contributed by atoms with Crippen molar-refractivity contribution in [2.24, 2.45) is 0 Å². The van der Waals surface area contributed by atoms with Gasteiger partial charge in [0, 0.05) is 20.1 Å². The van der Waals surface area contributed by atoms with Gasteiger partial charge in [0.25, 0.3) is 0 Å². The molecule has 0 saturated carbocycles. The summed E-state index contributed by atoms with van der Waals surface area (Å²) in [5.41, 5.74) is 0. The van der Waals surface area contributed by atoms with Crippen molar-refractivity contribution in [3.63, 3.8) is 0 Å². The Kier molecular flexibility index (Phi) is 6.34. The van der Waals surface area contributed by atoms with Crippen molar-refractivity contribution in [2.45, 2.75) is 19.9 Å². The van der Waals surface area contributed by atoms with Gasteiger partial charge in [0.05, 0.1) is 6.54 Å². The number of rotatable bonds is 8. The number of anilines is 3. The van der Waals surface area contributed by atoms with Gasteiger partial charge < -0.3 is 15.0 Å². The molecule has 0 spiro atoms. The summed E-state index contributed by atoms with van der Waals surface area (Å²) in [6.45, 7) is 4.67. The second-order valence-corrected chi connectivity index (χ2v) is 5.87. The lowest BCUT2D eigenvalue weighted by atomic mass is 10.3. The van der Waals surface area contributed by atoms with Crippen LogP contribution in [0, 0.1) is 11.5 Å². The molecule has 0 unspecified atom stereocenters. The van der Waals surface area contributed by atoms with Gasteiger partial charge >= 0.3 is 0 Å². The van der Waals surface area contributed by atoms with Crippen molar-refractivity contribution >= 4 is 17.8 Å². The third kappa shape index (κ3) is 5.49. The molecule has 0 saturated heterocycles. The van der Waals surface area contributed by atoms with Crippen LogP contribution in [0.3, 0.4) is 0 Å². The molecular weight excluding hydrogens is 318 g/mol. The van der Waals surface area contributed by atoms with E-state index in [-0.39, 0.29) is 6.04 Å². The molecule has 8 heteroatoms. The van der Waals surface area contributed by atoms with Crippen LogP contribution in [0.2, 0.25) is 0 Å². The highest BCUT2D eigenvalue weighted by atomic mass is 16.5. The molecule has 0 radical (unpaired) electrons. The fourth-order valence-electron chi connectivity index (χ4n) is 1.96. The number of nitrogens with zero attached hydrogens (tertiary/aromatic N) is 6. The van der Waals surface area contributed by atoms with Gasteiger partial charge in [-0.05, 0) is 26.0 Å². The zero-order valence-corrected chi connectivity index (χ0v) is 15.0. The second-order valence-electron chi connectivity index (χ2n) is 5.87. The summed E-state index contributed by atoms with van der Waals surface area (Å²) in [5.74, 6) is 1.97. The van der Waals surface area contributed by atoms with E-state index in [0.717, 1.165) is 5.75 Å². The summed E-state index contributed by atoms with van der Waals surface area (Å²) in [4.78, 5) is 16.2. The summed E-state index contributed by atoms with van der Waals surface area (Å²) < 4.78 is 5.64. The predicted octanol–water partition coefficient (Wildman–Crippen LogP) is 2.12. The van der Waals surface area contributed by atoms with Gasteiger partial charge in [0.15, 0.2) is 6.19 Å². The number of benzene rings is 1. The van der Waals surface area contributed by atoms with Gasteiger partial charge in [-0.1, -0.05) is 18.2 Å². The molecule has 132 valence electrons. The Hall–Kier alpha value is -3.08. The van der Waals surface area contributed by atoms with E-state index >= 15 is 0 Å². The number of ether oxygens (including phenoxy) is 1. The molecule has 1 heterocycles. The number of aromatic nitrogens is 3. The maximum absolute atomic E-state index is 9.46. The van der Waals surface area contributed by atoms with Gasteiger partial charge in [0.2, 0.25) is 17.8 Å². The first-order valence-corrected chi connectivity index (χ1v) is 8.04. The predicted molar refractivity (Wildman–Crippen MR) is 97.8 cm³/mol. The Balaban J connectivity index is 2.12. The van der Waals surface area contributed by atoms with Crippen molar-refractivity contribution in [3.05, 3.63) is 30.3 Å². The van der Waals surface area contributed by atoms with Gasteiger partial charge in [-0.15, -0.1) is 0 Å². The van der Waals surface area contributed by atoms with Crippen LogP contribution in [0.1, 0.15) is 13.8 Å². The molecule has 0 aliphatic rings. The number of hydrogen-bond donors (Lipinski definition) is 1. The first kappa shape index (κ1) is 18.3. The summed E-state index contributed by atoms with van der Waals surface area (Å²) in [6, 6.07) is 9.63. The van der Waals surface area contributed by atoms with Crippen LogP contribution in [0.5, 0.6) is 5.75 Å². The Morgan fingerprint density at radius 2 is 1.80 bits per heavy atom. The Morgan fingerprint density at radius 3 is 2.40 bits per heavy atom. The van der Waals surface area contributed by atoms with Crippen molar-refractivity contribution < 1.29 is 4.74 Å². The average molecular weight is 341 g/mol. The number of para-hydroxylation sites is 1. The largest absolute Gasteiger partial charge is 0.492 e. The number of nitrogens with one attached hydrogen (secondary N) is 1. The molecule has 25 heavy (non-hydrogen) atoms. The quantitative estimate of drug-likeness (QED) is 0.577. The summed E-state index contributed by atoms with van der Waals surface area (Å²) in [5, 5.41) is 12.6. The zero-order valence-electron chi connectivity index (χ0n) is 15.0. The van der Waals surface area contributed by atoms with E-state index in [1.54, 1.807) is 4.90 Å². The first-order chi connectivity index (χ1) is 12.0. The van der Waals surface area contributed by atoms with Crippen molar-refractivity contribution in [2.75, 3.05) is 42.4 Å². The minimum absolute atomic E-state index is 0.169. The van der Waals surface area contributed by atoms with Crippen molar-refractivity contribution in [1.29, 1.82) is 5.26 Å². The van der Waals surface area contributed by atoms with Gasteiger partial charge in [-0.25, -0.2) is 4.90 Å². The molecule has 0 amide bonds. The van der Waals surface area contributed by atoms with E-state index in [9.17, 15) is 5.26 Å². The van der Waals surface area contributed by atoms with E-state index in [2.05, 4.69) is 26.5 Å². The molecule has 0 aliphatic carbocycles. The molecule has 0 aliphatic heterocycles. The van der Waals surface area contributed by atoms with Crippen LogP contribution in [0.4, 0.5) is 17.8 Å². The standard InChI is InChI=1S/C17H23N7O/c1-13(2)19-15-20-16(23(3)4)22-17(21-15)24(12-18)10-11-25-14-8-6-5-7-9-14/h5-9,13H,10-11H2,1-4H3,(H,19,20,21,22). The molecule has 0 bridgehead atoms. The molecule has 1 N–H and O–H groups in total. The van der Waals surface area contributed by atoms with Crippen molar-refractivity contribution in [1.82, 2.24) is 15.0 Å². The maximum Gasteiger partial charge on any atom is 0.245 e. The average Bonchev–Trinajstić information content (AvgIpc) is 2.58. The Labute approximate surface area is 148 Å². The first-order valence-electron chi connectivity index (χ1n) is 8.04. The molecule has 0 atom stereocenters. The Bertz CT molecular complexity index is 713. The third-order valence-corrected chi connectivity index (χ3v) is 3.12. The topological polar surface area (TPSA) is 90.2 Å². The van der Waals surface area contributed by atoms with Crippen LogP contribution >= 0.6 is 0 Å². The third-order valence-electron chi connectivity index (χ3n) is 3.12. The normalized spacial score (nSPS) is 10.2. The Morgan fingerprint density at radius 1 is 1.12 bits per heavy atom. The highest BCUT2D eigenvalue weighted by Crippen LogP contribution is 2.16. The highest BCUT2D eigenvalue weighted by Gasteiger charge is 2.15. The second kappa shape index (κ2) is 8.68. The molecule has 1 aromatic heterocycles. The molecule has 1 aromatic carbocycles. The summed E-state index contributed by atoms with van der Waals surface area (Å²) in [7, 11) is 3.68. The fourth-order valence-corrected chi connectivity index (χ4v) is 1.96. The fraction of sp³-hybridized carbons (Fsp3) is 0.412. The lowest BCUT2D eigenvalue weighted by molar-refractivity contribution is 0.327. The maximum atomic E-state index is 9.46. The van der Waals surface area contributed by atoms with Gasteiger partial charge in [-0.2, -0.15) is 20.2 Å². The van der Waals surface area contributed by atoms with E-state index in [0.29, 0.717) is 31.0 Å². The molecule has 2 rings (SSSR count). The van der Waals surface area contributed by atoms with E-state index < -0.39 is 0 Å². The van der Waals surface area contributed by atoms with Crippen LogP contribution < -0.4 is 19.9 Å². The lowest BCUT2D eigenvalue weighted by Gasteiger charge is -2.18. The van der Waals surface area contributed by atoms with E-state index in [4.69, 9.17) is 4.74 Å². The minimum Gasteiger partial charge on any atom is -0.492 e. The highest BCUT2D eigenvalue weighted by molar-refractivity contribution is 5.47. The van der Waals surface area contributed by atoms with Gasteiger partial charge in [-0.3, -0.25) is 0 Å². The van der Waals surface area contributed by atoms with Crippen LogP contribution in [-0.4, -0.2) is 48.2 Å². The number of nitriles is 1. The summed E-state index contributed by atoms with van der Waals surface area (Å²) >= 11 is 0. The van der Waals surface area contributed by atoms with Crippen molar-refractivity contribution in [3.8, 4) is 11.9 Å². The van der Waals surface area contributed by atoms with Gasteiger partial charge in [0.1, 0.15) is 12.4 Å². The van der Waals surface area contributed by atoms with Crippen LogP contribution in [0.15, 0.2) is 30.3 Å². The van der Waals surface area contributed by atoms with E-state index in [1.807, 2.05) is 58.3 Å². The molecular formula is C17H23N7O. The lowest BCUT2D eigenvalue weighted by Crippen LogP contribution is -2.27. The molecule has 8 nitrogen and oxygen atoms in total. The van der Waals surface area contributed by atoms with E-state index in [1.165, 1.54) is 4.90 Å². The minimum atomic E-state index is 0.169. The molecule has 0 fully saturated rings. The van der Waals surface area contributed by atoms with Crippen LogP contribution in [0.25, 0.3) is 0 Å². The SMILES string of the molecule is CC(C)Nc1nc(N(C)C)nc(N(C#N)CCOc2ccccc2)n1. The smallest absolute Gasteiger partial charge is 0.245 e. The monoisotopic (exact) mass is 341 g/mol. The number of hydrogen-bond acceptors (Lipinski definition) is 8. The van der Waals surface area contributed by atoms with Crippen LogP contribution in [-0.2, 0) is 0 Å².